The van der Waals surface area contributed by atoms with Gasteiger partial charge in [-0.1, -0.05) is 18.5 Å². The van der Waals surface area contributed by atoms with Crippen LogP contribution >= 0.6 is 11.6 Å². The van der Waals surface area contributed by atoms with Gasteiger partial charge in [0.1, 0.15) is 17.8 Å². The first-order chi connectivity index (χ1) is 17.8. The molecule has 0 radical (unpaired) electrons. The van der Waals surface area contributed by atoms with Crippen LogP contribution in [-0.4, -0.2) is 40.6 Å². The molecule has 0 N–H and O–H groups in total. The highest BCUT2D eigenvalue weighted by Crippen LogP contribution is 2.42. The maximum atomic E-state index is 14.7. The van der Waals surface area contributed by atoms with Crippen LogP contribution in [0.2, 0.25) is 5.02 Å². The van der Waals surface area contributed by atoms with Crippen molar-refractivity contribution in [3.63, 3.8) is 0 Å². The van der Waals surface area contributed by atoms with E-state index in [1.165, 1.54) is 19.2 Å². The molecule has 1 aliphatic carbocycles. The predicted octanol–water partition coefficient (Wildman–Crippen LogP) is 5.69. The van der Waals surface area contributed by atoms with Crippen molar-refractivity contribution in [2.45, 2.75) is 48.7 Å². The Morgan fingerprint density at radius 2 is 1.71 bits per heavy atom. The number of hydrogen-bond donors (Lipinski definition) is 0. The number of carbonyl (C=O) groups is 1. The molecule has 1 saturated carbocycles. The number of aryl methyl sites for hydroxylation is 1. The van der Waals surface area contributed by atoms with Crippen molar-refractivity contribution in [2.75, 3.05) is 0 Å². The van der Waals surface area contributed by atoms with Gasteiger partial charge in [-0.15, -0.1) is 0 Å². The number of rotatable bonds is 7. The Balaban J connectivity index is 1.52. The van der Waals surface area contributed by atoms with Gasteiger partial charge in [-0.3, -0.25) is 9.78 Å². The van der Waals surface area contributed by atoms with E-state index in [2.05, 4.69) is 15.0 Å². The molecule has 6 nitrogen and oxygen atoms in total. The van der Waals surface area contributed by atoms with Crippen molar-refractivity contribution in [1.29, 1.82) is 0 Å². The van der Waals surface area contributed by atoms with Crippen molar-refractivity contribution >= 4 is 27.2 Å². The number of benzene rings is 1. The number of ketones is 1. The predicted molar refractivity (Wildman–Crippen MR) is 128 cm³/mol. The van der Waals surface area contributed by atoms with Crippen LogP contribution in [-0.2, 0) is 27.2 Å². The highest BCUT2D eigenvalue weighted by molar-refractivity contribution is 7.92. The summed E-state index contributed by atoms with van der Waals surface area (Å²) in [6, 6.07) is 5.64. The minimum Gasteiger partial charge on any atom is -0.299 e. The summed E-state index contributed by atoms with van der Waals surface area (Å²) in [5.74, 6) is -4.45. The zero-order valence-corrected chi connectivity index (χ0v) is 21.4. The first-order valence-electron chi connectivity index (χ1n) is 11.5. The van der Waals surface area contributed by atoms with Crippen LogP contribution in [0.1, 0.15) is 31.3 Å². The SMILES string of the molecule is C[C@@H]1C(S(=O)(=O)c2ccc(F)cc2)[C@H](C(=O)CCc2cc(-c3cnc(C(F)(F)F)nc3)c(Cl)cn2)C[C@H]1F. The van der Waals surface area contributed by atoms with E-state index in [4.69, 9.17) is 11.6 Å². The number of halogens is 6. The molecule has 2 aromatic heterocycles. The van der Waals surface area contributed by atoms with Gasteiger partial charge in [0.15, 0.2) is 9.84 Å². The topological polar surface area (TPSA) is 89.9 Å². The molecule has 1 unspecified atom stereocenters. The molecule has 1 fully saturated rings. The van der Waals surface area contributed by atoms with E-state index in [1.54, 1.807) is 0 Å². The monoisotopic (exact) mass is 573 g/mol. The number of pyridine rings is 1. The first-order valence-corrected chi connectivity index (χ1v) is 13.4. The van der Waals surface area contributed by atoms with Crippen molar-refractivity contribution in [2.24, 2.45) is 11.8 Å². The van der Waals surface area contributed by atoms with E-state index in [1.807, 2.05) is 0 Å². The number of carbonyl (C=O) groups excluding carboxylic acids is 1. The van der Waals surface area contributed by atoms with E-state index < -0.39 is 56.7 Å². The second-order valence-electron chi connectivity index (χ2n) is 9.10. The second kappa shape index (κ2) is 10.6. The molecule has 0 spiro atoms. The van der Waals surface area contributed by atoms with Gasteiger partial charge in [0.2, 0.25) is 5.82 Å². The number of sulfone groups is 1. The summed E-state index contributed by atoms with van der Waals surface area (Å²) in [5, 5.41) is -1.19. The molecular formula is C25H21ClF5N3O3S. The summed E-state index contributed by atoms with van der Waals surface area (Å²) in [4.78, 5) is 23.7. The standard InChI is InChI=1S/C25H21ClF5N3O3S/c1-13-21(28)9-19(23(13)38(36,37)17-5-2-15(27)3-6-17)22(35)7-4-16-8-18(20(26)12-32-16)14-10-33-24(34-11-14)25(29,30)31/h2-3,5-6,8,10-13,19,21,23H,4,7,9H2,1H3/t13-,19-,21+,23?/m0/s1. The van der Waals surface area contributed by atoms with E-state index in [0.29, 0.717) is 11.3 Å². The summed E-state index contributed by atoms with van der Waals surface area (Å²) >= 11 is 6.16. The van der Waals surface area contributed by atoms with Gasteiger partial charge in [0, 0.05) is 53.7 Å². The number of nitrogens with zero attached hydrogens (tertiary/aromatic N) is 3. The molecular weight excluding hydrogens is 553 g/mol. The number of Topliss-reactive ketones (excluding diaryl/α,β-unsaturated/α-hetero) is 1. The molecule has 0 aliphatic heterocycles. The minimum absolute atomic E-state index is 0.0512. The summed E-state index contributed by atoms with van der Waals surface area (Å²) in [6.07, 6.45) is -3.36. The number of aromatic nitrogens is 3. The summed E-state index contributed by atoms with van der Waals surface area (Å²) in [6.45, 7) is 1.43. The fraction of sp³-hybridized carbons (Fsp3) is 0.360. The summed E-state index contributed by atoms with van der Waals surface area (Å²) in [5.41, 5.74) is 0.861. The lowest BCUT2D eigenvalue weighted by molar-refractivity contribution is -0.145. The van der Waals surface area contributed by atoms with Crippen LogP contribution < -0.4 is 0 Å². The van der Waals surface area contributed by atoms with Crippen molar-refractivity contribution in [1.82, 2.24) is 15.0 Å². The average Bonchev–Trinajstić information content (AvgIpc) is 3.18. The zero-order chi connectivity index (χ0) is 27.8. The van der Waals surface area contributed by atoms with Crippen LogP contribution in [0.5, 0.6) is 0 Å². The Morgan fingerprint density at radius 3 is 2.32 bits per heavy atom. The maximum Gasteiger partial charge on any atom is 0.451 e. The fourth-order valence-corrected chi connectivity index (χ4v) is 7.12. The fourth-order valence-electron chi connectivity index (χ4n) is 4.65. The lowest BCUT2D eigenvalue weighted by Gasteiger charge is -2.22. The second-order valence-corrected chi connectivity index (χ2v) is 11.6. The quantitative estimate of drug-likeness (QED) is 0.266. The van der Waals surface area contributed by atoms with Crippen LogP contribution in [0.4, 0.5) is 22.0 Å². The third kappa shape index (κ3) is 5.70. The van der Waals surface area contributed by atoms with E-state index >= 15 is 0 Å². The Kier molecular flexibility index (Phi) is 7.85. The highest BCUT2D eigenvalue weighted by atomic mass is 35.5. The van der Waals surface area contributed by atoms with E-state index in [9.17, 15) is 35.2 Å². The van der Waals surface area contributed by atoms with Gasteiger partial charge in [-0.2, -0.15) is 13.2 Å². The van der Waals surface area contributed by atoms with Crippen molar-refractivity contribution in [3.8, 4) is 11.1 Å². The van der Waals surface area contributed by atoms with Gasteiger partial charge in [-0.25, -0.2) is 27.2 Å². The molecule has 0 amide bonds. The molecule has 0 saturated heterocycles. The van der Waals surface area contributed by atoms with Crippen LogP contribution in [0.3, 0.4) is 0 Å². The Labute approximate surface area is 220 Å². The van der Waals surface area contributed by atoms with Crippen molar-refractivity contribution in [3.05, 3.63) is 71.3 Å². The van der Waals surface area contributed by atoms with E-state index in [-0.39, 0.29) is 34.7 Å². The Hall–Kier alpha value is -2.99. The lowest BCUT2D eigenvalue weighted by Crippen LogP contribution is -2.35. The van der Waals surface area contributed by atoms with Gasteiger partial charge < -0.3 is 0 Å². The maximum absolute atomic E-state index is 14.7. The molecule has 202 valence electrons. The molecule has 4 atom stereocenters. The molecule has 3 aromatic rings. The van der Waals surface area contributed by atoms with Gasteiger partial charge in [0.05, 0.1) is 15.2 Å². The molecule has 4 rings (SSSR count). The largest absolute Gasteiger partial charge is 0.451 e. The van der Waals surface area contributed by atoms with Crippen molar-refractivity contribution < 1.29 is 35.2 Å². The number of hydrogen-bond acceptors (Lipinski definition) is 6. The minimum atomic E-state index is -4.70. The normalized spacial score (nSPS) is 22.0. The van der Waals surface area contributed by atoms with E-state index in [0.717, 1.165) is 36.7 Å². The molecule has 1 aliphatic rings. The van der Waals surface area contributed by atoms with Gasteiger partial charge in [0.25, 0.3) is 0 Å². The third-order valence-electron chi connectivity index (χ3n) is 6.63. The number of alkyl halides is 4. The Bertz CT molecular complexity index is 1430. The molecule has 0 bridgehead atoms. The third-order valence-corrected chi connectivity index (χ3v) is 9.34. The average molecular weight is 574 g/mol. The molecule has 13 heteroatoms. The van der Waals surface area contributed by atoms with Crippen LogP contribution in [0.15, 0.2) is 53.8 Å². The van der Waals surface area contributed by atoms with Gasteiger partial charge >= 0.3 is 6.18 Å². The lowest BCUT2D eigenvalue weighted by atomic mass is 9.96. The summed E-state index contributed by atoms with van der Waals surface area (Å²) in [7, 11) is -4.13. The zero-order valence-electron chi connectivity index (χ0n) is 19.8. The van der Waals surface area contributed by atoms with Crippen LogP contribution in [0, 0.1) is 17.7 Å². The smallest absolute Gasteiger partial charge is 0.299 e. The highest BCUT2D eigenvalue weighted by Gasteiger charge is 2.51. The van der Waals surface area contributed by atoms with Crippen LogP contribution in [0.25, 0.3) is 11.1 Å². The molecule has 38 heavy (non-hydrogen) atoms. The Morgan fingerprint density at radius 1 is 1.08 bits per heavy atom. The first kappa shape index (κ1) is 28.0. The van der Waals surface area contributed by atoms with Gasteiger partial charge in [-0.05, 0) is 43.2 Å². The summed E-state index contributed by atoms with van der Waals surface area (Å²) < 4.78 is 92.8. The molecule has 1 aromatic carbocycles. The molecule has 2 heterocycles.